The molecule has 5 aromatic rings. The molecule has 0 atom stereocenters. The number of aromatic nitrogens is 7. The maximum absolute atomic E-state index is 15.0. The lowest BCUT2D eigenvalue weighted by Gasteiger charge is -2.12. The summed E-state index contributed by atoms with van der Waals surface area (Å²) in [5.74, 6) is 0.269. The lowest BCUT2D eigenvalue weighted by atomic mass is 10.1. The summed E-state index contributed by atoms with van der Waals surface area (Å²) in [5.41, 5.74) is 2.73. The van der Waals surface area contributed by atoms with Crippen molar-refractivity contribution in [3.63, 3.8) is 0 Å². The molecule has 0 amide bonds. The Bertz CT molecular complexity index is 1700. The summed E-state index contributed by atoms with van der Waals surface area (Å²) in [6.07, 6.45) is -0.370. The second-order valence-corrected chi connectivity index (χ2v) is 9.77. The molecule has 39 heavy (non-hydrogen) atoms. The summed E-state index contributed by atoms with van der Waals surface area (Å²) in [6, 6.07) is 4.12. The summed E-state index contributed by atoms with van der Waals surface area (Å²) in [5, 5.41) is 0. The highest BCUT2D eigenvalue weighted by Crippen LogP contribution is 2.45. The van der Waals surface area contributed by atoms with E-state index in [0.717, 1.165) is 29.3 Å². The van der Waals surface area contributed by atoms with Crippen molar-refractivity contribution in [1.82, 2.24) is 34.5 Å². The van der Waals surface area contributed by atoms with Gasteiger partial charge < -0.3 is 14.0 Å². The Balaban J connectivity index is 1.31. The van der Waals surface area contributed by atoms with Gasteiger partial charge in [0.25, 0.3) is 0 Å². The van der Waals surface area contributed by atoms with E-state index in [1.807, 2.05) is 0 Å². The number of benzene rings is 1. The van der Waals surface area contributed by atoms with Crippen LogP contribution in [0.5, 0.6) is 11.8 Å². The minimum absolute atomic E-state index is 0.0632. The smallest absolute Gasteiger partial charge is 0.434 e. The van der Waals surface area contributed by atoms with Gasteiger partial charge in [0.1, 0.15) is 30.1 Å². The molecule has 1 aromatic carbocycles. The second-order valence-electron chi connectivity index (χ2n) is 8.94. The fourth-order valence-corrected chi connectivity index (χ4v) is 4.85. The SMILES string of the molecule is COc1ncnc(C2CC2)c1-c1nc(OCc2ccc(-c3nc(C(F)(F)F)cn3C)c(F)c2)c2ncsc2n1. The second kappa shape index (κ2) is 9.52. The van der Waals surface area contributed by atoms with Crippen LogP contribution in [0.25, 0.3) is 33.1 Å². The molecule has 4 heterocycles. The standard InChI is InChI=1S/C25H19F4N7O2S/c1-36-8-16(25(27,28)29)33-21(36)14-6-3-12(7-15(14)26)9-38-23-19-24(39-11-32-19)35-20(34-23)17-18(13-4-5-13)30-10-31-22(17)37-2/h3,6-8,10-11,13H,4-5,9H2,1-2H3. The molecule has 4 aromatic heterocycles. The minimum atomic E-state index is -4.63. The van der Waals surface area contributed by atoms with Crippen molar-refractivity contribution in [2.75, 3.05) is 7.11 Å². The van der Waals surface area contributed by atoms with Gasteiger partial charge in [-0.2, -0.15) is 18.2 Å². The van der Waals surface area contributed by atoms with Crippen molar-refractivity contribution in [1.29, 1.82) is 0 Å². The van der Waals surface area contributed by atoms with Crippen LogP contribution in [0.2, 0.25) is 0 Å². The van der Waals surface area contributed by atoms with Gasteiger partial charge in [-0.05, 0) is 30.5 Å². The Morgan fingerprint density at radius 2 is 1.90 bits per heavy atom. The third-order valence-corrected chi connectivity index (χ3v) is 6.92. The van der Waals surface area contributed by atoms with Crippen LogP contribution < -0.4 is 9.47 Å². The van der Waals surface area contributed by atoms with E-state index < -0.39 is 17.7 Å². The third-order valence-electron chi connectivity index (χ3n) is 6.21. The highest BCUT2D eigenvalue weighted by atomic mass is 32.1. The molecule has 0 unspecified atom stereocenters. The fourth-order valence-electron chi connectivity index (χ4n) is 4.20. The predicted octanol–water partition coefficient (Wildman–Crippen LogP) is 5.57. The Morgan fingerprint density at radius 3 is 2.59 bits per heavy atom. The highest BCUT2D eigenvalue weighted by Gasteiger charge is 2.35. The molecule has 0 aliphatic heterocycles. The maximum atomic E-state index is 15.0. The predicted molar refractivity (Wildman–Crippen MR) is 133 cm³/mol. The highest BCUT2D eigenvalue weighted by molar-refractivity contribution is 7.16. The molecule has 0 bridgehead atoms. The van der Waals surface area contributed by atoms with Crippen LogP contribution in [0.1, 0.15) is 35.7 Å². The zero-order valence-electron chi connectivity index (χ0n) is 20.5. The van der Waals surface area contributed by atoms with Gasteiger partial charge in [0.2, 0.25) is 11.8 Å². The Morgan fingerprint density at radius 1 is 1.08 bits per heavy atom. The quantitative estimate of drug-likeness (QED) is 0.240. The number of fused-ring (bicyclic) bond motifs is 1. The minimum Gasteiger partial charge on any atom is -0.480 e. The third kappa shape index (κ3) is 4.75. The topological polar surface area (TPSA) is 101 Å². The van der Waals surface area contributed by atoms with Gasteiger partial charge in [-0.25, -0.2) is 29.3 Å². The molecule has 1 aliphatic carbocycles. The first-order valence-electron chi connectivity index (χ1n) is 11.8. The first kappa shape index (κ1) is 25.1. The molecule has 200 valence electrons. The number of alkyl halides is 3. The number of nitrogens with zero attached hydrogens (tertiary/aromatic N) is 7. The Labute approximate surface area is 222 Å². The van der Waals surface area contributed by atoms with Gasteiger partial charge in [-0.3, -0.25) is 0 Å². The summed E-state index contributed by atoms with van der Waals surface area (Å²) in [4.78, 5) is 26.4. The normalized spacial score (nSPS) is 13.7. The van der Waals surface area contributed by atoms with Gasteiger partial charge in [0, 0.05) is 19.2 Å². The van der Waals surface area contributed by atoms with Crippen molar-refractivity contribution in [3.05, 3.63) is 59.0 Å². The average molecular weight is 558 g/mol. The van der Waals surface area contributed by atoms with E-state index in [1.165, 1.54) is 44.0 Å². The zero-order valence-corrected chi connectivity index (χ0v) is 21.3. The zero-order chi connectivity index (χ0) is 27.3. The monoisotopic (exact) mass is 557 g/mol. The first-order valence-corrected chi connectivity index (χ1v) is 12.6. The number of hydrogen-bond donors (Lipinski definition) is 0. The molecular formula is C25H19F4N7O2S. The molecule has 0 saturated heterocycles. The first-order chi connectivity index (χ1) is 18.7. The van der Waals surface area contributed by atoms with Crippen LogP contribution in [-0.2, 0) is 19.8 Å². The van der Waals surface area contributed by atoms with Gasteiger partial charge in [0.05, 0.1) is 23.9 Å². The molecule has 0 spiro atoms. The number of imidazole rings is 1. The van der Waals surface area contributed by atoms with Crippen molar-refractivity contribution in [2.24, 2.45) is 7.05 Å². The van der Waals surface area contributed by atoms with Crippen LogP contribution in [0.15, 0.2) is 36.2 Å². The molecule has 14 heteroatoms. The van der Waals surface area contributed by atoms with Crippen molar-refractivity contribution >= 4 is 21.7 Å². The van der Waals surface area contributed by atoms with Gasteiger partial charge in [-0.15, -0.1) is 11.3 Å². The molecule has 1 saturated carbocycles. The molecule has 0 radical (unpaired) electrons. The molecule has 1 aliphatic rings. The van der Waals surface area contributed by atoms with Crippen LogP contribution in [0.4, 0.5) is 17.6 Å². The van der Waals surface area contributed by atoms with E-state index in [2.05, 4.69) is 29.9 Å². The van der Waals surface area contributed by atoms with E-state index in [1.54, 1.807) is 11.6 Å². The molecule has 9 nitrogen and oxygen atoms in total. The van der Waals surface area contributed by atoms with Crippen LogP contribution in [-0.4, -0.2) is 41.6 Å². The summed E-state index contributed by atoms with van der Waals surface area (Å²) < 4.78 is 66.7. The fraction of sp³-hybridized carbons (Fsp3) is 0.280. The molecular weight excluding hydrogens is 538 g/mol. The molecule has 6 rings (SSSR count). The Kier molecular flexibility index (Phi) is 6.13. The summed E-state index contributed by atoms with van der Waals surface area (Å²) in [6.45, 7) is -0.0768. The van der Waals surface area contributed by atoms with Gasteiger partial charge >= 0.3 is 6.18 Å². The van der Waals surface area contributed by atoms with Crippen LogP contribution >= 0.6 is 11.3 Å². The van der Waals surface area contributed by atoms with Crippen LogP contribution in [0, 0.1) is 5.82 Å². The van der Waals surface area contributed by atoms with Crippen molar-refractivity contribution < 1.29 is 27.0 Å². The number of aryl methyl sites for hydroxylation is 1. The number of halogens is 4. The maximum Gasteiger partial charge on any atom is 0.434 e. The number of methoxy groups -OCH3 is 1. The number of hydrogen-bond acceptors (Lipinski definition) is 9. The lowest BCUT2D eigenvalue weighted by molar-refractivity contribution is -0.140. The molecule has 0 N–H and O–H groups in total. The van der Waals surface area contributed by atoms with Crippen LogP contribution in [0.3, 0.4) is 0 Å². The average Bonchev–Trinajstić information content (AvgIpc) is 3.51. The largest absolute Gasteiger partial charge is 0.480 e. The van der Waals surface area contributed by atoms with E-state index in [9.17, 15) is 17.6 Å². The van der Waals surface area contributed by atoms with Gasteiger partial charge in [-0.1, -0.05) is 6.07 Å². The van der Waals surface area contributed by atoms with E-state index in [4.69, 9.17) is 9.47 Å². The Hall–Kier alpha value is -4.20. The van der Waals surface area contributed by atoms with Crippen molar-refractivity contribution in [3.8, 4) is 34.5 Å². The number of thiazole rings is 1. The molecule has 1 fully saturated rings. The number of ether oxygens (including phenoxy) is 2. The summed E-state index contributed by atoms with van der Waals surface area (Å²) >= 11 is 1.31. The van der Waals surface area contributed by atoms with E-state index in [-0.39, 0.29) is 29.8 Å². The summed E-state index contributed by atoms with van der Waals surface area (Å²) in [7, 11) is 2.89. The lowest BCUT2D eigenvalue weighted by Crippen LogP contribution is -2.05. The van der Waals surface area contributed by atoms with Crippen molar-refractivity contribution in [2.45, 2.75) is 31.5 Å². The van der Waals surface area contributed by atoms with E-state index >= 15 is 0 Å². The van der Waals surface area contributed by atoms with E-state index in [0.29, 0.717) is 33.2 Å². The number of rotatable bonds is 7. The van der Waals surface area contributed by atoms with Gasteiger partial charge in [0.15, 0.2) is 21.9 Å².